The molecule has 0 aromatic heterocycles. The fourth-order valence-electron chi connectivity index (χ4n) is 3.58. The van der Waals surface area contributed by atoms with Gasteiger partial charge in [0, 0.05) is 33.6 Å². The number of nitrogens with zero attached hydrogens (tertiary/aromatic N) is 2. The van der Waals surface area contributed by atoms with Crippen LogP contribution >= 0.6 is 23.2 Å². The third kappa shape index (κ3) is 5.84. The number of rotatable bonds is 7. The Hall–Kier alpha value is -3.60. The first-order chi connectivity index (χ1) is 16.5. The van der Waals surface area contributed by atoms with Gasteiger partial charge in [0.05, 0.1) is 0 Å². The average molecular weight is 489 g/mol. The molecule has 0 aliphatic carbocycles. The Morgan fingerprint density at radius 3 is 1.32 bits per heavy atom. The van der Waals surface area contributed by atoms with E-state index >= 15 is 0 Å². The zero-order chi connectivity index (χ0) is 23.9. The summed E-state index contributed by atoms with van der Waals surface area (Å²) in [6, 6.07) is 28.4. The average Bonchev–Trinajstić information content (AvgIpc) is 2.86. The molecule has 2 atom stereocenters. The molecule has 4 aromatic carbocycles. The van der Waals surface area contributed by atoms with Crippen molar-refractivity contribution in [3.05, 3.63) is 129 Å². The van der Waals surface area contributed by atoms with Crippen molar-refractivity contribution in [2.75, 3.05) is 0 Å². The molecule has 0 bridgehead atoms. The van der Waals surface area contributed by atoms with Gasteiger partial charge in [-0.25, -0.2) is 0 Å². The van der Waals surface area contributed by atoms with Gasteiger partial charge in [0.25, 0.3) is 0 Å². The van der Waals surface area contributed by atoms with Crippen molar-refractivity contribution in [1.29, 1.82) is 0 Å². The van der Waals surface area contributed by atoms with E-state index in [2.05, 4.69) is 0 Å². The summed E-state index contributed by atoms with van der Waals surface area (Å²) >= 11 is 12.2. The predicted octanol–water partition coefficient (Wildman–Crippen LogP) is 7.43. The van der Waals surface area contributed by atoms with Crippen LogP contribution in [0.1, 0.15) is 34.3 Å². The number of aromatic hydroxyl groups is 2. The Morgan fingerprint density at radius 2 is 0.941 bits per heavy atom. The summed E-state index contributed by atoms with van der Waals surface area (Å²) in [5.41, 5.74) is 2.91. The number of aliphatic imine (C=N–C) groups is 2. The molecule has 170 valence electrons. The van der Waals surface area contributed by atoms with Crippen LogP contribution in [0.2, 0.25) is 10.0 Å². The molecule has 4 aromatic rings. The molecule has 0 aliphatic heterocycles. The van der Waals surface area contributed by atoms with E-state index in [1.54, 1.807) is 36.7 Å². The van der Waals surface area contributed by atoms with Gasteiger partial charge in [-0.1, -0.05) is 83.9 Å². The van der Waals surface area contributed by atoms with Crippen molar-refractivity contribution in [1.82, 2.24) is 0 Å². The summed E-state index contributed by atoms with van der Waals surface area (Å²) in [7, 11) is 0. The van der Waals surface area contributed by atoms with Gasteiger partial charge in [-0.15, -0.1) is 0 Å². The van der Waals surface area contributed by atoms with Crippen molar-refractivity contribution in [2.24, 2.45) is 9.98 Å². The third-order valence-electron chi connectivity index (χ3n) is 5.31. The molecule has 4 rings (SSSR count). The van der Waals surface area contributed by atoms with E-state index in [0.717, 1.165) is 11.1 Å². The van der Waals surface area contributed by atoms with Crippen LogP contribution in [0.15, 0.2) is 107 Å². The van der Waals surface area contributed by atoms with Gasteiger partial charge in [0.1, 0.15) is 23.6 Å². The van der Waals surface area contributed by atoms with E-state index < -0.39 is 12.1 Å². The van der Waals surface area contributed by atoms with Gasteiger partial charge in [-0.05, 0) is 47.5 Å². The highest BCUT2D eigenvalue weighted by Crippen LogP contribution is 2.36. The summed E-state index contributed by atoms with van der Waals surface area (Å²) in [6.45, 7) is 0. The van der Waals surface area contributed by atoms with Gasteiger partial charge in [0.2, 0.25) is 0 Å². The topological polar surface area (TPSA) is 65.2 Å². The van der Waals surface area contributed by atoms with Crippen LogP contribution in [-0.4, -0.2) is 22.6 Å². The second kappa shape index (κ2) is 11.0. The number of halogens is 2. The van der Waals surface area contributed by atoms with Gasteiger partial charge < -0.3 is 10.2 Å². The predicted molar refractivity (Wildman–Crippen MR) is 140 cm³/mol. The third-order valence-corrected chi connectivity index (χ3v) is 5.78. The number of phenols is 2. The highest BCUT2D eigenvalue weighted by molar-refractivity contribution is 6.31. The number of phenolic OH excluding ortho intramolecular Hbond substituents is 2. The van der Waals surface area contributed by atoms with Gasteiger partial charge in [0.15, 0.2) is 0 Å². The molecule has 0 amide bonds. The Bertz CT molecular complexity index is 1210. The van der Waals surface area contributed by atoms with E-state index in [0.29, 0.717) is 21.2 Å². The molecule has 0 unspecified atom stereocenters. The minimum atomic E-state index is -0.417. The van der Waals surface area contributed by atoms with E-state index in [1.807, 2.05) is 60.7 Å². The lowest BCUT2D eigenvalue weighted by atomic mass is 9.94. The smallest absolute Gasteiger partial charge is 0.124 e. The summed E-state index contributed by atoms with van der Waals surface area (Å²) in [5.74, 6) is 0.173. The molecule has 0 saturated heterocycles. The van der Waals surface area contributed by atoms with Crippen LogP contribution in [0.3, 0.4) is 0 Å². The lowest BCUT2D eigenvalue weighted by Gasteiger charge is -2.22. The molecule has 0 aliphatic rings. The highest BCUT2D eigenvalue weighted by Gasteiger charge is 2.23. The van der Waals surface area contributed by atoms with Crippen LogP contribution in [0.4, 0.5) is 0 Å². The van der Waals surface area contributed by atoms with Crippen LogP contribution in [0.5, 0.6) is 11.5 Å². The summed E-state index contributed by atoms with van der Waals surface area (Å²) in [5, 5.41) is 21.5. The molecule has 0 heterocycles. The Kier molecular flexibility index (Phi) is 7.63. The van der Waals surface area contributed by atoms with Gasteiger partial charge >= 0.3 is 0 Å². The second-order valence-corrected chi connectivity index (χ2v) is 8.55. The van der Waals surface area contributed by atoms with Crippen LogP contribution in [0.25, 0.3) is 0 Å². The van der Waals surface area contributed by atoms with Crippen LogP contribution < -0.4 is 0 Å². The fourth-order valence-corrected chi connectivity index (χ4v) is 3.94. The molecular weight excluding hydrogens is 467 g/mol. The molecule has 2 N–H and O–H groups in total. The van der Waals surface area contributed by atoms with Crippen LogP contribution in [0, 0.1) is 0 Å². The Balaban J connectivity index is 1.81. The fraction of sp³-hybridized carbons (Fsp3) is 0.0714. The number of hydrogen-bond donors (Lipinski definition) is 2. The van der Waals surface area contributed by atoms with E-state index in [-0.39, 0.29) is 11.5 Å². The molecular formula is C28H22Cl2N2O2. The lowest BCUT2D eigenvalue weighted by Crippen LogP contribution is -2.09. The molecule has 0 radical (unpaired) electrons. The normalized spacial score (nSPS) is 13.4. The zero-order valence-corrected chi connectivity index (χ0v) is 19.6. The Labute approximate surface area is 208 Å². The summed E-state index contributed by atoms with van der Waals surface area (Å²) < 4.78 is 0. The largest absolute Gasteiger partial charge is 0.507 e. The van der Waals surface area contributed by atoms with Crippen LogP contribution in [-0.2, 0) is 0 Å². The first-order valence-corrected chi connectivity index (χ1v) is 11.4. The maximum atomic E-state index is 10.3. The first-order valence-electron chi connectivity index (χ1n) is 10.6. The van der Waals surface area contributed by atoms with E-state index in [9.17, 15) is 10.2 Å². The van der Waals surface area contributed by atoms with Crippen molar-refractivity contribution in [3.63, 3.8) is 0 Å². The van der Waals surface area contributed by atoms with Crippen molar-refractivity contribution in [3.8, 4) is 11.5 Å². The number of benzene rings is 4. The van der Waals surface area contributed by atoms with Crippen molar-refractivity contribution >= 4 is 35.6 Å². The molecule has 0 saturated carbocycles. The van der Waals surface area contributed by atoms with Gasteiger partial charge in [-0.2, -0.15) is 0 Å². The van der Waals surface area contributed by atoms with Gasteiger partial charge in [-0.3, -0.25) is 9.98 Å². The molecule has 0 spiro atoms. The molecule has 6 heteroatoms. The maximum Gasteiger partial charge on any atom is 0.124 e. The minimum absolute atomic E-state index is 0.0866. The molecule has 4 nitrogen and oxygen atoms in total. The van der Waals surface area contributed by atoms with Crippen molar-refractivity contribution < 1.29 is 10.2 Å². The maximum absolute atomic E-state index is 10.3. The standard InChI is InChI=1S/C28H22Cl2N2O2/c29-23-11-13-25(33)21(15-23)17-31-27(19-7-3-1-4-8-19)28(20-9-5-2-6-10-20)32-18-22-16-24(30)12-14-26(22)34/h1-18,27-28,33-34H/t27-,28-/m0/s1. The highest BCUT2D eigenvalue weighted by atomic mass is 35.5. The SMILES string of the molecule is Oc1ccc(Cl)cc1C=N[C@@H](c1ccccc1)[C@@H](N=Cc1cc(Cl)ccc1O)c1ccccc1. The van der Waals surface area contributed by atoms with E-state index in [1.165, 1.54) is 12.1 Å². The second-order valence-electron chi connectivity index (χ2n) is 7.67. The van der Waals surface area contributed by atoms with E-state index in [4.69, 9.17) is 33.2 Å². The molecule has 34 heavy (non-hydrogen) atoms. The quantitative estimate of drug-likeness (QED) is 0.265. The lowest BCUT2D eigenvalue weighted by molar-refractivity contribution is 0.473. The summed E-state index contributed by atoms with van der Waals surface area (Å²) in [4.78, 5) is 9.70. The minimum Gasteiger partial charge on any atom is -0.507 e. The monoisotopic (exact) mass is 488 g/mol. The first kappa shape index (κ1) is 23.6. The summed E-state index contributed by atoms with van der Waals surface area (Å²) in [6.07, 6.45) is 3.22. The van der Waals surface area contributed by atoms with Crippen molar-refractivity contribution in [2.45, 2.75) is 12.1 Å². The molecule has 0 fully saturated rings. The zero-order valence-electron chi connectivity index (χ0n) is 18.1. The Morgan fingerprint density at radius 1 is 0.559 bits per heavy atom. The number of hydrogen-bond acceptors (Lipinski definition) is 4.